The molecule has 0 aromatic carbocycles. The average molecular weight is 259 g/mol. The van der Waals surface area contributed by atoms with Crippen LogP contribution in [0.2, 0.25) is 0 Å². The summed E-state index contributed by atoms with van der Waals surface area (Å²) in [5.74, 6) is -0.418. The van der Waals surface area contributed by atoms with E-state index in [4.69, 9.17) is 5.73 Å². The molecule has 0 radical (unpaired) electrons. The van der Waals surface area contributed by atoms with Gasteiger partial charge in [-0.1, -0.05) is 0 Å². The van der Waals surface area contributed by atoms with Crippen LogP contribution in [0.25, 0.3) is 0 Å². The van der Waals surface area contributed by atoms with Crippen molar-refractivity contribution in [2.75, 3.05) is 17.7 Å². The fourth-order valence-corrected chi connectivity index (χ4v) is 2.60. The van der Waals surface area contributed by atoms with Gasteiger partial charge in [-0.25, -0.2) is 8.42 Å². The van der Waals surface area contributed by atoms with Crippen molar-refractivity contribution in [3.05, 3.63) is 18.0 Å². The quantitative estimate of drug-likeness (QED) is 0.781. The van der Waals surface area contributed by atoms with E-state index in [0.29, 0.717) is 11.4 Å². The lowest BCUT2D eigenvalue weighted by molar-refractivity contribution is 0.0935. The van der Waals surface area contributed by atoms with Crippen molar-refractivity contribution < 1.29 is 13.2 Å². The van der Waals surface area contributed by atoms with Gasteiger partial charge in [0.15, 0.2) is 0 Å². The van der Waals surface area contributed by atoms with Crippen molar-refractivity contribution in [2.45, 2.75) is 13.0 Å². The van der Waals surface area contributed by atoms with Crippen molar-refractivity contribution in [1.82, 2.24) is 9.88 Å². The third-order valence-corrected chi connectivity index (χ3v) is 3.29. The Morgan fingerprint density at radius 2 is 2.18 bits per heavy atom. The van der Waals surface area contributed by atoms with Crippen LogP contribution in [0, 0.1) is 0 Å². The van der Waals surface area contributed by atoms with Crippen LogP contribution < -0.4 is 11.1 Å². The number of rotatable bonds is 4. The molecule has 1 rings (SSSR count). The normalized spacial score (nSPS) is 13.4. The first-order valence-corrected chi connectivity index (χ1v) is 7.15. The van der Waals surface area contributed by atoms with E-state index in [2.05, 4.69) is 5.32 Å². The third-order valence-electron chi connectivity index (χ3n) is 2.19. The summed E-state index contributed by atoms with van der Waals surface area (Å²) in [7, 11) is -1.40. The maximum Gasteiger partial charge on any atom is 0.268 e. The van der Waals surface area contributed by atoms with Gasteiger partial charge in [-0.3, -0.25) is 4.79 Å². The Kier molecular flexibility index (Phi) is 3.82. The number of nitrogens with zero attached hydrogens (tertiary/aromatic N) is 1. The number of hydrogen-bond acceptors (Lipinski definition) is 4. The summed E-state index contributed by atoms with van der Waals surface area (Å²) >= 11 is 0. The molecule has 1 amide bonds. The third kappa shape index (κ3) is 4.10. The number of nitrogens with two attached hydrogens (primary N) is 1. The largest absolute Gasteiger partial charge is 0.397 e. The molecule has 0 bridgehead atoms. The van der Waals surface area contributed by atoms with Gasteiger partial charge in [0.25, 0.3) is 5.91 Å². The summed E-state index contributed by atoms with van der Waals surface area (Å²) in [5, 5.41) is 2.61. The Morgan fingerprint density at radius 3 is 2.59 bits per heavy atom. The first-order chi connectivity index (χ1) is 7.69. The first kappa shape index (κ1) is 13.6. The predicted molar refractivity (Wildman–Crippen MR) is 66.5 cm³/mol. The predicted octanol–water partition coefficient (Wildman–Crippen LogP) is -0.230. The molecule has 0 aliphatic rings. The molecule has 17 heavy (non-hydrogen) atoms. The lowest BCUT2D eigenvalue weighted by atomic mass is 10.3. The summed E-state index contributed by atoms with van der Waals surface area (Å²) in [4.78, 5) is 11.8. The molecular formula is C10H17N3O3S. The molecule has 96 valence electrons. The van der Waals surface area contributed by atoms with E-state index >= 15 is 0 Å². The van der Waals surface area contributed by atoms with Gasteiger partial charge in [-0.2, -0.15) is 0 Å². The van der Waals surface area contributed by atoms with Crippen molar-refractivity contribution in [2.24, 2.45) is 7.05 Å². The molecule has 1 unspecified atom stereocenters. The zero-order valence-electron chi connectivity index (χ0n) is 10.1. The molecule has 0 saturated heterocycles. The number of sulfone groups is 1. The van der Waals surface area contributed by atoms with E-state index in [-0.39, 0.29) is 11.7 Å². The number of carbonyl (C=O) groups excluding carboxylic acids is 1. The van der Waals surface area contributed by atoms with Crippen LogP contribution in [-0.2, 0) is 16.9 Å². The molecule has 7 heteroatoms. The van der Waals surface area contributed by atoms with Crippen molar-refractivity contribution in [3.8, 4) is 0 Å². The van der Waals surface area contributed by atoms with Crippen LogP contribution in [-0.4, -0.2) is 36.9 Å². The highest BCUT2D eigenvalue weighted by Gasteiger charge is 2.16. The summed E-state index contributed by atoms with van der Waals surface area (Å²) in [6.45, 7) is 1.64. The van der Waals surface area contributed by atoms with Crippen LogP contribution in [0.15, 0.2) is 12.3 Å². The number of aromatic nitrogens is 1. The maximum absolute atomic E-state index is 11.8. The fraction of sp³-hybridized carbons (Fsp3) is 0.500. The Bertz CT molecular complexity index is 519. The average Bonchev–Trinajstić information content (AvgIpc) is 2.41. The molecular weight excluding hydrogens is 242 g/mol. The van der Waals surface area contributed by atoms with Crippen LogP contribution in [0.4, 0.5) is 5.69 Å². The van der Waals surface area contributed by atoms with Gasteiger partial charge in [0.05, 0.1) is 11.4 Å². The molecule has 1 aromatic rings. The Hall–Kier alpha value is -1.50. The number of nitrogen functional groups attached to an aromatic ring is 1. The number of aryl methyl sites for hydroxylation is 1. The second kappa shape index (κ2) is 4.79. The molecule has 1 aromatic heterocycles. The second-order valence-electron chi connectivity index (χ2n) is 4.24. The van der Waals surface area contributed by atoms with Gasteiger partial charge in [0, 0.05) is 25.5 Å². The van der Waals surface area contributed by atoms with E-state index < -0.39 is 15.9 Å². The van der Waals surface area contributed by atoms with E-state index in [0.717, 1.165) is 6.26 Å². The van der Waals surface area contributed by atoms with E-state index in [1.54, 1.807) is 30.8 Å². The first-order valence-electron chi connectivity index (χ1n) is 5.09. The Morgan fingerprint density at radius 1 is 1.59 bits per heavy atom. The number of carbonyl (C=O) groups is 1. The Labute approximate surface area is 101 Å². The lowest BCUT2D eigenvalue weighted by Crippen LogP contribution is -2.38. The molecule has 0 aliphatic heterocycles. The monoisotopic (exact) mass is 259 g/mol. The standard InChI is InChI=1S/C10H17N3O3S/c1-7(6-17(3,15)16)12-10(14)9-4-8(11)5-13(9)2/h4-5,7H,6,11H2,1-3H3,(H,12,14). The molecule has 3 N–H and O–H groups in total. The zero-order chi connectivity index (χ0) is 13.2. The number of hydrogen-bond donors (Lipinski definition) is 2. The second-order valence-corrected chi connectivity index (χ2v) is 6.42. The van der Waals surface area contributed by atoms with Crippen LogP contribution >= 0.6 is 0 Å². The highest BCUT2D eigenvalue weighted by Crippen LogP contribution is 2.08. The van der Waals surface area contributed by atoms with Gasteiger partial charge in [-0.05, 0) is 13.0 Å². The minimum Gasteiger partial charge on any atom is -0.397 e. The summed E-state index contributed by atoms with van der Waals surface area (Å²) in [6, 6.07) is 1.11. The highest BCUT2D eigenvalue weighted by molar-refractivity contribution is 7.90. The minimum atomic E-state index is -3.10. The van der Waals surface area contributed by atoms with Crippen molar-refractivity contribution >= 4 is 21.4 Å². The SMILES string of the molecule is CC(CS(C)(=O)=O)NC(=O)c1cc(N)cn1C. The van der Waals surface area contributed by atoms with Gasteiger partial charge in [0.1, 0.15) is 15.5 Å². The molecule has 0 fully saturated rings. The molecule has 6 nitrogen and oxygen atoms in total. The van der Waals surface area contributed by atoms with Gasteiger partial charge in [0.2, 0.25) is 0 Å². The van der Waals surface area contributed by atoms with Crippen molar-refractivity contribution in [3.63, 3.8) is 0 Å². The fourth-order valence-electron chi connectivity index (χ4n) is 1.61. The highest BCUT2D eigenvalue weighted by atomic mass is 32.2. The van der Waals surface area contributed by atoms with Crippen LogP contribution in [0.1, 0.15) is 17.4 Å². The zero-order valence-corrected chi connectivity index (χ0v) is 10.9. The number of nitrogens with one attached hydrogen (secondary N) is 1. The topological polar surface area (TPSA) is 94.2 Å². The van der Waals surface area contributed by atoms with Gasteiger partial charge < -0.3 is 15.6 Å². The smallest absolute Gasteiger partial charge is 0.268 e. The van der Waals surface area contributed by atoms with Crippen LogP contribution in [0.3, 0.4) is 0 Å². The molecule has 0 spiro atoms. The van der Waals surface area contributed by atoms with Crippen molar-refractivity contribution in [1.29, 1.82) is 0 Å². The molecule has 0 aliphatic carbocycles. The maximum atomic E-state index is 11.8. The van der Waals surface area contributed by atoms with Crippen LogP contribution in [0.5, 0.6) is 0 Å². The minimum absolute atomic E-state index is 0.0847. The molecule has 1 heterocycles. The summed E-state index contributed by atoms with van der Waals surface area (Å²) in [5.41, 5.74) is 6.45. The number of anilines is 1. The lowest BCUT2D eigenvalue weighted by Gasteiger charge is -2.12. The molecule has 0 saturated carbocycles. The molecule has 1 atom stereocenters. The number of amides is 1. The summed E-state index contributed by atoms with van der Waals surface area (Å²) < 4.78 is 23.7. The van der Waals surface area contributed by atoms with E-state index in [9.17, 15) is 13.2 Å². The van der Waals surface area contributed by atoms with E-state index in [1.165, 1.54) is 0 Å². The van der Waals surface area contributed by atoms with Gasteiger partial charge >= 0.3 is 0 Å². The van der Waals surface area contributed by atoms with E-state index in [1.807, 2.05) is 0 Å². The Balaban J connectivity index is 2.70. The van der Waals surface area contributed by atoms with Gasteiger partial charge in [-0.15, -0.1) is 0 Å². The summed E-state index contributed by atoms with van der Waals surface area (Å²) in [6.07, 6.45) is 2.76.